The first-order valence-corrected chi connectivity index (χ1v) is 11.1. The Balaban J connectivity index is 1.60. The van der Waals surface area contributed by atoms with Crippen LogP contribution in [0.1, 0.15) is 31.7 Å². The molecule has 10 heteroatoms. The van der Waals surface area contributed by atoms with Gasteiger partial charge in [-0.05, 0) is 49.9 Å². The molecule has 1 saturated heterocycles. The Kier molecular flexibility index (Phi) is 4.70. The van der Waals surface area contributed by atoms with Crippen molar-refractivity contribution >= 4 is 35.2 Å². The predicted molar refractivity (Wildman–Crippen MR) is 121 cm³/mol. The molecule has 164 valence electrons. The van der Waals surface area contributed by atoms with E-state index in [1.54, 1.807) is 17.3 Å². The molecule has 0 aliphatic carbocycles. The fourth-order valence-corrected chi connectivity index (χ4v) is 5.04. The average molecular weight is 451 g/mol. The highest BCUT2D eigenvalue weighted by Crippen LogP contribution is 2.47. The molecule has 0 unspecified atom stereocenters. The Morgan fingerprint density at radius 2 is 1.75 bits per heavy atom. The Bertz CT molecular complexity index is 1210. The Morgan fingerprint density at radius 3 is 2.44 bits per heavy atom. The largest absolute Gasteiger partial charge is 0.348 e. The summed E-state index contributed by atoms with van der Waals surface area (Å²) in [5.74, 6) is -0.326. The summed E-state index contributed by atoms with van der Waals surface area (Å²) in [4.78, 5) is 32.3. The molecular formula is C22H22N6O3S. The first-order chi connectivity index (χ1) is 15.2. The fourth-order valence-electron chi connectivity index (χ4n) is 3.98. The van der Waals surface area contributed by atoms with Gasteiger partial charge in [-0.1, -0.05) is 12.1 Å². The minimum absolute atomic E-state index is 0.135. The highest BCUT2D eigenvalue weighted by molar-refractivity contribution is 8.00. The van der Waals surface area contributed by atoms with Crippen molar-refractivity contribution in [3.05, 3.63) is 54.4 Å². The number of amides is 1. The zero-order valence-electron chi connectivity index (χ0n) is 17.8. The number of hydrogen-bond acceptors (Lipinski definition) is 9. The van der Waals surface area contributed by atoms with Gasteiger partial charge in [0, 0.05) is 30.1 Å². The summed E-state index contributed by atoms with van der Waals surface area (Å²) < 4.78 is 1.32. The predicted octanol–water partition coefficient (Wildman–Crippen LogP) is 2.69. The van der Waals surface area contributed by atoms with Gasteiger partial charge in [0.05, 0.1) is 23.5 Å². The van der Waals surface area contributed by atoms with Crippen LogP contribution in [0.2, 0.25) is 0 Å². The molecule has 2 aliphatic heterocycles. The zero-order chi connectivity index (χ0) is 22.7. The molecule has 3 aromatic rings. The van der Waals surface area contributed by atoms with Crippen molar-refractivity contribution in [3.8, 4) is 11.1 Å². The molecule has 2 aromatic heterocycles. The van der Waals surface area contributed by atoms with Gasteiger partial charge in [-0.3, -0.25) is 14.7 Å². The number of hydrogen-bond donors (Lipinski definition) is 2. The van der Waals surface area contributed by atoms with Crippen molar-refractivity contribution < 1.29 is 15.0 Å². The maximum atomic E-state index is 13.5. The molecule has 0 radical (unpaired) electrons. The molecule has 2 aliphatic rings. The first kappa shape index (κ1) is 20.8. The molecule has 0 atom stereocenters. The van der Waals surface area contributed by atoms with Crippen LogP contribution in [-0.2, 0) is 10.2 Å². The number of anilines is 3. The van der Waals surface area contributed by atoms with Crippen LogP contribution in [0, 0.1) is 6.92 Å². The third kappa shape index (κ3) is 3.22. The summed E-state index contributed by atoms with van der Waals surface area (Å²) in [6.45, 7) is 5.58. The van der Waals surface area contributed by atoms with Gasteiger partial charge in [0.1, 0.15) is 5.82 Å². The summed E-state index contributed by atoms with van der Waals surface area (Å²) in [7, 11) is 0. The van der Waals surface area contributed by atoms with E-state index in [0.717, 1.165) is 16.7 Å². The first-order valence-electron chi connectivity index (χ1n) is 10.2. The normalized spacial score (nSPS) is 18.8. The summed E-state index contributed by atoms with van der Waals surface area (Å²) in [5.41, 5.74) is 2.55. The highest BCUT2D eigenvalue weighted by Gasteiger charge is 2.46. The summed E-state index contributed by atoms with van der Waals surface area (Å²) >= 11 is 1.25. The van der Waals surface area contributed by atoms with Crippen molar-refractivity contribution in [2.75, 3.05) is 15.0 Å². The Hall–Kier alpha value is -3.08. The molecule has 5 rings (SSSR count). The van der Waals surface area contributed by atoms with E-state index in [1.165, 1.54) is 28.6 Å². The fraction of sp³-hybridized carbons (Fsp3) is 0.318. The lowest BCUT2D eigenvalue weighted by Gasteiger charge is -2.28. The third-order valence-corrected chi connectivity index (χ3v) is 6.92. The summed E-state index contributed by atoms with van der Waals surface area (Å²) in [5, 5.41) is 20.5. The standard InChI is InChI=1S/C22H22N6O3S/c1-13-24-9-15(10-25-13)14-4-5-16-17(8-14)27(20(29)21(16,2)3)18-11-23-12-19(26-18)28-22(30,31)6-7-32-28/h4-5,8-12,30-31H,6-7H2,1-3H3. The summed E-state index contributed by atoms with van der Waals surface area (Å²) in [6, 6.07) is 5.83. The van der Waals surface area contributed by atoms with Gasteiger partial charge in [-0.25, -0.2) is 19.3 Å². The van der Waals surface area contributed by atoms with E-state index in [0.29, 0.717) is 23.1 Å². The van der Waals surface area contributed by atoms with Crippen LogP contribution < -0.4 is 9.21 Å². The van der Waals surface area contributed by atoms with Crippen LogP contribution in [0.3, 0.4) is 0 Å². The number of aliphatic hydroxyl groups is 2. The van der Waals surface area contributed by atoms with Crippen LogP contribution in [0.15, 0.2) is 43.0 Å². The van der Waals surface area contributed by atoms with E-state index in [4.69, 9.17) is 0 Å². The van der Waals surface area contributed by atoms with E-state index in [2.05, 4.69) is 19.9 Å². The number of aromatic nitrogens is 4. The monoisotopic (exact) mass is 450 g/mol. The average Bonchev–Trinajstić information content (AvgIpc) is 3.22. The van der Waals surface area contributed by atoms with Gasteiger partial charge in [-0.2, -0.15) is 0 Å². The Labute approximate surface area is 189 Å². The van der Waals surface area contributed by atoms with Crippen LogP contribution in [0.25, 0.3) is 11.1 Å². The molecule has 0 bridgehead atoms. The number of fused-ring (bicyclic) bond motifs is 1. The quantitative estimate of drug-likeness (QED) is 0.459. The van der Waals surface area contributed by atoms with Crippen LogP contribution in [0.4, 0.5) is 17.3 Å². The zero-order valence-corrected chi connectivity index (χ0v) is 18.7. The van der Waals surface area contributed by atoms with Crippen molar-refractivity contribution in [1.29, 1.82) is 0 Å². The number of benzene rings is 1. The summed E-state index contributed by atoms with van der Waals surface area (Å²) in [6.07, 6.45) is 6.65. The molecule has 0 saturated carbocycles. The Morgan fingerprint density at radius 1 is 1.03 bits per heavy atom. The van der Waals surface area contributed by atoms with Crippen LogP contribution >= 0.6 is 11.9 Å². The number of nitrogens with zero attached hydrogens (tertiary/aromatic N) is 6. The number of carbonyl (C=O) groups excluding carboxylic acids is 1. The molecule has 4 heterocycles. The molecule has 1 aromatic carbocycles. The molecule has 32 heavy (non-hydrogen) atoms. The van der Waals surface area contributed by atoms with Crippen molar-refractivity contribution in [3.63, 3.8) is 0 Å². The number of aryl methyl sites for hydroxylation is 1. The minimum atomic E-state index is -2.01. The lowest BCUT2D eigenvalue weighted by atomic mass is 9.85. The van der Waals surface area contributed by atoms with Crippen LogP contribution in [0.5, 0.6) is 0 Å². The van der Waals surface area contributed by atoms with Crippen LogP contribution in [-0.4, -0.2) is 47.7 Å². The molecule has 9 nitrogen and oxygen atoms in total. The van der Waals surface area contributed by atoms with Crippen molar-refractivity contribution in [2.45, 2.75) is 38.5 Å². The smallest absolute Gasteiger partial charge is 0.258 e. The molecule has 1 amide bonds. The van der Waals surface area contributed by atoms with E-state index >= 15 is 0 Å². The molecular weight excluding hydrogens is 428 g/mol. The van der Waals surface area contributed by atoms with E-state index in [-0.39, 0.29) is 18.1 Å². The van der Waals surface area contributed by atoms with Gasteiger partial charge in [-0.15, -0.1) is 0 Å². The molecule has 2 N–H and O–H groups in total. The topological polar surface area (TPSA) is 116 Å². The second-order valence-corrected chi connectivity index (χ2v) is 9.44. The second-order valence-electron chi connectivity index (χ2n) is 8.40. The van der Waals surface area contributed by atoms with Crippen molar-refractivity contribution in [2.24, 2.45) is 0 Å². The number of carbonyl (C=O) groups is 1. The van der Waals surface area contributed by atoms with E-state index in [1.807, 2.05) is 39.0 Å². The van der Waals surface area contributed by atoms with E-state index in [9.17, 15) is 15.0 Å². The van der Waals surface area contributed by atoms with E-state index < -0.39 is 11.3 Å². The molecule has 0 spiro atoms. The third-order valence-electron chi connectivity index (χ3n) is 5.79. The maximum absolute atomic E-state index is 13.5. The van der Waals surface area contributed by atoms with Gasteiger partial charge >= 0.3 is 0 Å². The van der Waals surface area contributed by atoms with Gasteiger partial charge in [0.2, 0.25) is 5.91 Å². The van der Waals surface area contributed by atoms with Gasteiger partial charge < -0.3 is 10.2 Å². The number of rotatable bonds is 3. The maximum Gasteiger partial charge on any atom is 0.258 e. The molecule has 1 fully saturated rings. The highest BCUT2D eigenvalue weighted by atomic mass is 32.2. The second kappa shape index (κ2) is 7.22. The minimum Gasteiger partial charge on any atom is -0.348 e. The van der Waals surface area contributed by atoms with Gasteiger partial charge in [0.25, 0.3) is 5.91 Å². The lowest BCUT2D eigenvalue weighted by Crippen LogP contribution is -2.41. The lowest BCUT2D eigenvalue weighted by molar-refractivity contribution is -0.144. The van der Waals surface area contributed by atoms with Gasteiger partial charge in [0.15, 0.2) is 11.6 Å². The van der Waals surface area contributed by atoms with Crippen molar-refractivity contribution in [1.82, 2.24) is 19.9 Å². The SMILES string of the molecule is Cc1ncc(-c2ccc3c(c2)N(c2cncc(N4SCCC4(O)O)n2)C(=O)C3(C)C)cn1.